The van der Waals surface area contributed by atoms with Crippen molar-refractivity contribution in [1.29, 1.82) is 0 Å². The van der Waals surface area contributed by atoms with Gasteiger partial charge in [-0.2, -0.15) is 0 Å². The molecule has 0 atom stereocenters. The predicted molar refractivity (Wildman–Crippen MR) is 82.6 cm³/mol. The van der Waals surface area contributed by atoms with Gasteiger partial charge in [-0.1, -0.05) is 46.4 Å². The molecule has 2 rings (SSSR count). The number of hydrogen-bond donors (Lipinski definition) is 0. The highest BCUT2D eigenvalue weighted by Crippen LogP contribution is 2.38. The summed E-state index contributed by atoms with van der Waals surface area (Å²) in [4.78, 5) is 4.71. The van der Waals surface area contributed by atoms with E-state index in [0.717, 1.165) is 4.90 Å². The van der Waals surface area contributed by atoms with Crippen LogP contribution in [0.1, 0.15) is 0 Å². The highest BCUT2D eigenvalue weighted by molar-refractivity contribution is 7.98. The summed E-state index contributed by atoms with van der Waals surface area (Å²) in [6.45, 7) is 0. The molecule has 0 amide bonds. The van der Waals surface area contributed by atoms with Crippen molar-refractivity contribution in [3.05, 3.63) is 44.6 Å². The van der Waals surface area contributed by atoms with Crippen molar-refractivity contribution in [3.63, 3.8) is 0 Å². The second-order valence-electron chi connectivity index (χ2n) is 3.47. The molecule has 100 valence electrons. The van der Waals surface area contributed by atoms with Crippen LogP contribution in [-0.4, -0.2) is 11.2 Å². The van der Waals surface area contributed by atoms with Gasteiger partial charge in [0, 0.05) is 23.1 Å². The summed E-state index contributed by atoms with van der Waals surface area (Å²) in [5.41, 5.74) is 0. The Labute approximate surface area is 135 Å². The third kappa shape index (κ3) is 3.83. The molecule has 0 unspecified atom stereocenters. The zero-order valence-corrected chi connectivity index (χ0v) is 13.4. The predicted octanol–water partition coefficient (Wildman–Crippen LogP) is 6.21. The van der Waals surface area contributed by atoms with E-state index in [1.807, 2.05) is 6.26 Å². The van der Waals surface area contributed by atoms with E-state index in [-0.39, 0.29) is 10.3 Å². The van der Waals surface area contributed by atoms with Crippen LogP contribution in [0.3, 0.4) is 0 Å². The summed E-state index contributed by atoms with van der Waals surface area (Å²) < 4.78 is 5.62. The molecule has 1 aromatic heterocycles. The van der Waals surface area contributed by atoms with Crippen LogP contribution in [0.4, 0.5) is 0 Å². The van der Waals surface area contributed by atoms with Gasteiger partial charge in [0.2, 0.25) is 0 Å². The van der Waals surface area contributed by atoms with Crippen LogP contribution >= 0.6 is 58.2 Å². The van der Waals surface area contributed by atoms with Gasteiger partial charge in [-0.25, -0.2) is 4.98 Å². The normalized spacial score (nSPS) is 10.6. The lowest BCUT2D eigenvalue weighted by Crippen LogP contribution is -1.88. The molecule has 1 heterocycles. The van der Waals surface area contributed by atoms with Crippen molar-refractivity contribution >= 4 is 58.2 Å². The molecule has 0 spiro atoms. The van der Waals surface area contributed by atoms with E-state index in [0.29, 0.717) is 21.5 Å². The molecule has 0 bridgehead atoms. The molecule has 2 aromatic rings. The Hall–Kier alpha value is -0.320. The molecule has 0 radical (unpaired) electrons. The van der Waals surface area contributed by atoms with Crippen LogP contribution in [0, 0.1) is 0 Å². The van der Waals surface area contributed by atoms with Crippen molar-refractivity contribution < 1.29 is 4.74 Å². The van der Waals surface area contributed by atoms with Crippen LogP contribution in [0.2, 0.25) is 20.4 Å². The number of benzene rings is 1. The molecule has 1 aromatic carbocycles. The maximum absolute atomic E-state index is 6.13. The van der Waals surface area contributed by atoms with E-state index in [9.17, 15) is 0 Å². The minimum atomic E-state index is 0.241. The van der Waals surface area contributed by atoms with Crippen LogP contribution in [0.25, 0.3) is 0 Å². The van der Waals surface area contributed by atoms with Crippen molar-refractivity contribution in [2.75, 3.05) is 6.26 Å². The number of ether oxygens (including phenoxy) is 1. The Morgan fingerprint density at radius 1 is 0.947 bits per heavy atom. The van der Waals surface area contributed by atoms with Gasteiger partial charge < -0.3 is 4.74 Å². The number of rotatable bonds is 3. The van der Waals surface area contributed by atoms with Crippen molar-refractivity contribution in [1.82, 2.24) is 4.98 Å². The maximum Gasteiger partial charge on any atom is 0.147 e. The maximum atomic E-state index is 6.13. The summed E-state index contributed by atoms with van der Waals surface area (Å²) >= 11 is 25.3. The van der Waals surface area contributed by atoms with Gasteiger partial charge in [0.15, 0.2) is 0 Å². The fourth-order valence-corrected chi connectivity index (χ4v) is 2.96. The summed E-state index contributed by atoms with van der Waals surface area (Å²) in [7, 11) is 0. The number of pyridine rings is 1. The first-order valence-corrected chi connectivity index (χ1v) is 7.77. The zero-order chi connectivity index (χ0) is 14.0. The Kier molecular flexibility index (Phi) is 5.09. The molecule has 19 heavy (non-hydrogen) atoms. The molecular weight excluding hydrogens is 348 g/mol. The minimum Gasteiger partial charge on any atom is -0.456 e. The van der Waals surface area contributed by atoms with E-state index < -0.39 is 0 Å². The highest BCUT2D eigenvalue weighted by Gasteiger charge is 2.10. The van der Waals surface area contributed by atoms with Crippen LogP contribution < -0.4 is 4.74 Å². The number of halogens is 4. The molecule has 2 nitrogen and oxygen atoms in total. The summed E-state index contributed by atoms with van der Waals surface area (Å²) in [6, 6.07) is 6.48. The second kappa shape index (κ2) is 6.42. The topological polar surface area (TPSA) is 22.1 Å². The smallest absolute Gasteiger partial charge is 0.147 e. The first-order valence-electron chi connectivity index (χ1n) is 5.03. The van der Waals surface area contributed by atoms with Gasteiger partial charge in [0.1, 0.15) is 21.8 Å². The molecule has 0 aliphatic carbocycles. The zero-order valence-electron chi connectivity index (χ0n) is 9.58. The molecule has 0 fully saturated rings. The third-order valence-electron chi connectivity index (χ3n) is 2.17. The van der Waals surface area contributed by atoms with Gasteiger partial charge in [-0.3, -0.25) is 0 Å². The van der Waals surface area contributed by atoms with Crippen LogP contribution in [0.5, 0.6) is 11.5 Å². The number of thioether (sulfide) groups is 1. The monoisotopic (exact) mass is 353 g/mol. The lowest BCUT2D eigenvalue weighted by atomic mass is 10.3. The average Bonchev–Trinajstić information content (AvgIpc) is 2.32. The molecule has 0 saturated carbocycles. The first-order chi connectivity index (χ1) is 8.99. The quantitative estimate of drug-likeness (QED) is 0.483. The van der Waals surface area contributed by atoms with Crippen molar-refractivity contribution in [3.8, 4) is 11.5 Å². The van der Waals surface area contributed by atoms with Crippen LogP contribution in [0.15, 0.2) is 29.2 Å². The fraction of sp³-hybridized carbons (Fsp3) is 0.0833. The van der Waals surface area contributed by atoms with Gasteiger partial charge in [0.25, 0.3) is 0 Å². The molecular formula is C12H7Cl4NOS. The third-order valence-corrected chi connectivity index (χ3v) is 4.06. The van der Waals surface area contributed by atoms with Crippen molar-refractivity contribution in [2.24, 2.45) is 0 Å². The molecule has 7 heteroatoms. The van der Waals surface area contributed by atoms with Gasteiger partial charge in [-0.05, 0) is 12.3 Å². The first kappa shape index (κ1) is 15.1. The largest absolute Gasteiger partial charge is 0.456 e. The Balaban J connectivity index is 2.35. The summed E-state index contributed by atoms with van der Waals surface area (Å²) in [5.74, 6) is 0.877. The average molecular weight is 355 g/mol. The fourth-order valence-electron chi connectivity index (χ4n) is 1.37. The number of aromatic nitrogens is 1. The van der Waals surface area contributed by atoms with E-state index in [4.69, 9.17) is 51.1 Å². The van der Waals surface area contributed by atoms with Crippen molar-refractivity contribution in [2.45, 2.75) is 4.90 Å². The van der Waals surface area contributed by atoms with E-state index >= 15 is 0 Å². The van der Waals surface area contributed by atoms with E-state index in [1.54, 1.807) is 24.3 Å². The molecule has 0 saturated heterocycles. The minimum absolute atomic E-state index is 0.241. The molecule has 0 aliphatic heterocycles. The Morgan fingerprint density at radius 3 is 2.16 bits per heavy atom. The number of hydrogen-bond acceptors (Lipinski definition) is 3. The van der Waals surface area contributed by atoms with Crippen LogP contribution in [-0.2, 0) is 0 Å². The number of nitrogens with zero attached hydrogens (tertiary/aromatic N) is 1. The summed E-state index contributed by atoms with van der Waals surface area (Å²) in [5, 5.41) is 1.51. The lowest BCUT2D eigenvalue weighted by Gasteiger charge is -2.10. The Bertz CT molecular complexity index is 601. The van der Waals surface area contributed by atoms with Gasteiger partial charge in [-0.15, -0.1) is 11.8 Å². The SMILES string of the molecule is CSc1cc(Cl)c(Oc2cc(Cl)nc(Cl)c2)cc1Cl. The standard InChI is InChI=1S/C12H7Cl4NOS/c1-19-10-5-7(13)9(4-8(10)14)18-6-2-11(15)17-12(16)3-6/h2-5H,1H3. The second-order valence-corrected chi connectivity index (χ2v) is 5.90. The van der Waals surface area contributed by atoms with Gasteiger partial charge >= 0.3 is 0 Å². The lowest BCUT2D eigenvalue weighted by molar-refractivity contribution is 0.482. The van der Waals surface area contributed by atoms with Gasteiger partial charge in [0.05, 0.1) is 10.0 Å². The Morgan fingerprint density at radius 2 is 1.58 bits per heavy atom. The van der Waals surface area contributed by atoms with E-state index in [1.165, 1.54) is 11.8 Å². The molecule has 0 N–H and O–H groups in total. The molecule has 0 aliphatic rings. The summed E-state index contributed by atoms with van der Waals surface area (Å²) in [6.07, 6.45) is 1.92. The highest BCUT2D eigenvalue weighted by atomic mass is 35.5. The van der Waals surface area contributed by atoms with E-state index in [2.05, 4.69) is 4.98 Å².